The molecule has 0 fully saturated rings. The number of hydrogen-bond donors (Lipinski definition) is 2. The Hall–Kier alpha value is -2.05. The third-order valence-electron chi connectivity index (χ3n) is 3.26. The van der Waals surface area contributed by atoms with Gasteiger partial charge in [-0.25, -0.2) is 9.97 Å². The molecule has 0 aliphatic rings. The van der Waals surface area contributed by atoms with Crippen molar-refractivity contribution in [1.82, 2.24) is 15.0 Å². The molecular formula is C15H12N4S2. The van der Waals surface area contributed by atoms with E-state index in [0.717, 1.165) is 26.6 Å². The number of nitrogens with two attached hydrogens (primary N) is 1. The number of H-pyrrole nitrogens is 1. The standard InChI is InChI=1S/C15H12N4S2/c16-14-10-5-6-20-15(10)19-12(18-14)8-21-13-7-9-3-1-2-4-11(9)17-13/h1-7,17H,8H2,(H2,16,18,19). The lowest BCUT2D eigenvalue weighted by Gasteiger charge is -2.01. The minimum atomic E-state index is 0.563. The molecule has 0 spiro atoms. The predicted octanol–water partition coefficient (Wildman–Crippen LogP) is 4.05. The lowest BCUT2D eigenvalue weighted by atomic mass is 10.3. The molecule has 3 aromatic heterocycles. The lowest BCUT2D eigenvalue weighted by Crippen LogP contribution is -1.98. The second kappa shape index (κ2) is 5.05. The minimum absolute atomic E-state index is 0.563. The summed E-state index contributed by atoms with van der Waals surface area (Å²) in [6.07, 6.45) is 0. The summed E-state index contributed by atoms with van der Waals surface area (Å²) in [5.41, 5.74) is 7.12. The predicted molar refractivity (Wildman–Crippen MR) is 89.7 cm³/mol. The molecule has 4 nitrogen and oxygen atoms in total. The molecule has 3 heterocycles. The van der Waals surface area contributed by atoms with Gasteiger partial charge in [-0.3, -0.25) is 0 Å². The number of rotatable bonds is 3. The summed E-state index contributed by atoms with van der Waals surface area (Å²) >= 11 is 3.28. The van der Waals surface area contributed by atoms with Crippen LogP contribution in [-0.2, 0) is 5.75 Å². The van der Waals surface area contributed by atoms with E-state index in [4.69, 9.17) is 5.73 Å². The largest absolute Gasteiger partial charge is 0.383 e. The highest BCUT2D eigenvalue weighted by molar-refractivity contribution is 7.98. The number of nitrogens with one attached hydrogen (secondary N) is 1. The summed E-state index contributed by atoms with van der Waals surface area (Å²) in [5.74, 6) is 2.03. The number of anilines is 1. The summed E-state index contributed by atoms with van der Waals surface area (Å²) in [6, 6.07) is 12.4. The topological polar surface area (TPSA) is 67.6 Å². The Kier molecular flexibility index (Phi) is 3.05. The van der Waals surface area contributed by atoms with Gasteiger partial charge in [0.2, 0.25) is 0 Å². The molecule has 6 heteroatoms. The molecule has 0 atom stereocenters. The van der Waals surface area contributed by atoms with Gasteiger partial charge in [0.05, 0.1) is 16.2 Å². The average molecular weight is 312 g/mol. The van der Waals surface area contributed by atoms with E-state index in [-0.39, 0.29) is 0 Å². The van der Waals surface area contributed by atoms with Crippen molar-refractivity contribution in [2.45, 2.75) is 10.8 Å². The van der Waals surface area contributed by atoms with Crippen molar-refractivity contribution in [3.8, 4) is 0 Å². The Labute approximate surface area is 129 Å². The van der Waals surface area contributed by atoms with Crippen LogP contribution in [0.15, 0.2) is 46.8 Å². The molecule has 0 aliphatic heterocycles. The molecule has 0 unspecified atom stereocenters. The van der Waals surface area contributed by atoms with E-state index in [1.54, 1.807) is 23.1 Å². The van der Waals surface area contributed by atoms with Gasteiger partial charge in [0.15, 0.2) is 0 Å². The van der Waals surface area contributed by atoms with Crippen molar-refractivity contribution in [3.05, 3.63) is 47.6 Å². The zero-order valence-corrected chi connectivity index (χ0v) is 12.7. The number of thiophene rings is 1. The van der Waals surface area contributed by atoms with Crippen LogP contribution < -0.4 is 5.73 Å². The molecular weight excluding hydrogens is 300 g/mol. The zero-order chi connectivity index (χ0) is 14.2. The number of fused-ring (bicyclic) bond motifs is 2. The van der Waals surface area contributed by atoms with Crippen LogP contribution in [0.2, 0.25) is 0 Å². The van der Waals surface area contributed by atoms with Gasteiger partial charge < -0.3 is 10.7 Å². The van der Waals surface area contributed by atoms with E-state index in [1.807, 2.05) is 23.6 Å². The maximum Gasteiger partial charge on any atom is 0.142 e. The molecule has 0 amide bonds. The summed E-state index contributed by atoms with van der Waals surface area (Å²) < 4.78 is 0. The number of para-hydroxylation sites is 1. The summed E-state index contributed by atoms with van der Waals surface area (Å²) in [7, 11) is 0. The number of benzene rings is 1. The van der Waals surface area contributed by atoms with Crippen molar-refractivity contribution in [2.75, 3.05) is 5.73 Å². The summed E-state index contributed by atoms with van der Waals surface area (Å²) in [4.78, 5) is 13.3. The second-order valence-electron chi connectivity index (χ2n) is 4.67. The fourth-order valence-electron chi connectivity index (χ4n) is 2.26. The van der Waals surface area contributed by atoms with Crippen LogP contribution in [-0.4, -0.2) is 15.0 Å². The first-order valence-corrected chi connectivity index (χ1v) is 8.36. The molecule has 104 valence electrons. The van der Waals surface area contributed by atoms with E-state index in [9.17, 15) is 0 Å². The SMILES string of the molecule is Nc1nc(CSc2cc3ccccc3[nH]2)nc2sccc12. The minimum Gasteiger partial charge on any atom is -0.383 e. The van der Waals surface area contributed by atoms with E-state index < -0.39 is 0 Å². The Balaban J connectivity index is 1.59. The van der Waals surface area contributed by atoms with Crippen LogP contribution in [0.1, 0.15) is 5.82 Å². The maximum absolute atomic E-state index is 5.97. The first-order valence-electron chi connectivity index (χ1n) is 6.50. The first-order chi connectivity index (χ1) is 10.3. The van der Waals surface area contributed by atoms with E-state index >= 15 is 0 Å². The molecule has 0 saturated heterocycles. The first kappa shape index (κ1) is 12.7. The molecule has 0 saturated carbocycles. The summed E-state index contributed by atoms with van der Waals surface area (Å²) in [6.45, 7) is 0. The van der Waals surface area contributed by atoms with E-state index in [1.165, 1.54) is 5.39 Å². The molecule has 0 radical (unpaired) electrons. The number of aromatic amines is 1. The molecule has 4 aromatic rings. The molecule has 3 N–H and O–H groups in total. The third-order valence-corrected chi connectivity index (χ3v) is 5.00. The highest BCUT2D eigenvalue weighted by Crippen LogP contribution is 2.28. The number of thioether (sulfide) groups is 1. The fraction of sp³-hybridized carbons (Fsp3) is 0.0667. The Bertz CT molecular complexity index is 893. The van der Waals surface area contributed by atoms with Crippen LogP contribution in [0.5, 0.6) is 0 Å². The van der Waals surface area contributed by atoms with Gasteiger partial charge in [-0.15, -0.1) is 23.1 Å². The quantitative estimate of drug-likeness (QED) is 0.560. The van der Waals surface area contributed by atoms with Gasteiger partial charge in [-0.05, 0) is 23.6 Å². The van der Waals surface area contributed by atoms with E-state index in [2.05, 4.69) is 33.2 Å². The zero-order valence-electron chi connectivity index (χ0n) is 11.0. The Morgan fingerprint density at radius 3 is 3.00 bits per heavy atom. The van der Waals surface area contributed by atoms with Crippen LogP contribution in [0.25, 0.3) is 21.1 Å². The average Bonchev–Trinajstić information content (AvgIpc) is 3.11. The van der Waals surface area contributed by atoms with Crippen LogP contribution in [0.3, 0.4) is 0 Å². The van der Waals surface area contributed by atoms with Crippen LogP contribution in [0, 0.1) is 0 Å². The number of hydrogen-bond acceptors (Lipinski definition) is 5. The van der Waals surface area contributed by atoms with Crippen LogP contribution >= 0.6 is 23.1 Å². The van der Waals surface area contributed by atoms with Crippen LogP contribution in [0.4, 0.5) is 5.82 Å². The normalized spacial score (nSPS) is 11.4. The third kappa shape index (κ3) is 2.36. The van der Waals surface area contributed by atoms with Gasteiger partial charge in [0, 0.05) is 10.9 Å². The number of aromatic nitrogens is 3. The molecule has 21 heavy (non-hydrogen) atoms. The van der Waals surface area contributed by atoms with Crippen molar-refractivity contribution in [2.24, 2.45) is 0 Å². The molecule has 4 rings (SSSR count). The number of nitrogen functional groups attached to an aromatic ring is 1. The molecule has 0 bridgehead atoms. The van der Waals surface area contributed by atoms with Crippen molar-refractivity contribution in [3.63, 3.8) is 0 Å². The van der Waals surface area contributed by atoms with Crippen molar-refractivity contribution >= 4 is 50.0 Å². The molecule has 1 aromatic carbocycles. The highest BCUT2D eigenvalue weighted by Gasteiger charge is 2.08. The van der Waals surface area contributed by atoms with Crippen molar-refractivity contribution < 1.29 is 0 Å². The monoisotopic (exact) mass is 312 g/mol. The Morgan fingerprint density at radius 2 is 2.10 bits per heavy atom. The van der Waals surface area contributed by atoms with Crippen molar-refractivity contribution in [1.29, 1.82) is 0 Å². The second-order valence-corrected chi connectivity index (χ2v) is 6.59. The summed E-state index contributed by atoms with van der Waals surface area (Å²) in [5, 5.41) is 5.27. The van der Waals surface area contributed by atoms with Gasteiger partial charge in [-0.1, -0.05) is 18.2 Å². The lowest BCUT2D eigenvalue weighted by molar-refractivity contribution is 1.08. The van der Waals surface area contributed by atoms with Gasteiger partial charge in [0.25, 0.3) is 0 Å². The highest BCUT2D eigenvalue weighted by atomic mass is 32.2. The Morgan fingerprint density at radius 1 is 1.19 bits per heavy atom. The molecule has 0 aliphatic carbocycles. The van der Waals surface area contributed by atoms with Gasteiger partial charge in [0.1, 0.15) is 16.5 Å². The fourth-order valence-corrected chi connectivity index (χ4v) is 3.85. The smallest absolute Gasteiger partial charge is 0.142 e. The van der Waals surface area contributed by atoms with E-state index in [0.29, 0.717) is 11.6 Å². The maximum atomic E-state index is 5.97. The van der Waals surface area contributed by atoms with Gasteiger partial charge in [-0.2, -0.15) is 0 Å². The number of nitrogens with zero attached hydrogens (tertiary/aromatic N) is 2. The van der Waals surface area contributed by atoms with Gasteiger partial charge >= 0.3 is 0 Å².